The lowest BCUT2D eigenvalue weighted by atomic mass is 10.1. The van der Waals surface area contributed by atoms with E-state index in [0.29, 0.717) is 11.4 Å². The summed E-state index contributed by atoms with van der Waals surface area (Å²) >= 11 is 0. The minimum Gasteiger partial charge on any atom is -0.372 e. The molecule has 5 heteroatoms. The highest BCUT2D eigenvalue weighted by atomic mass is 15.3. The van der Waals surface area contributed by atoms with Gasteiger partial charge in [-0.1, -0.05) is 18.6 Å². The van der Waals surface area contributed by atoms with Crippen LogP contribution in [-0.4, -0.2) is 27.9 Å². The van der Waals surface area contributed by atoms with Crippen molar-refractivity contribution in [1.82, 2.24) is 14.8 Å². The Morgan fingerprint density at radius 2 is 1.65 bits per heavy atom. The molecule has 2 aliphatic rings. The van der Waals surface area contributed by atoms with Gasteiger partial charge >= 0.3 is 0 Å². The van der Waals surface area contributed by atoms with Gasteiger partial charge in [0.1, 0.15) is 11.9 Å². The monoisotopic (exact) mass is 347 g/mol. The molecule has 0 bridgehead atoms. The molecule has 1 fully saturated rings. The van der Waals surface area contributed by atoms with Gasteiger partial charge in [-0.2, -0.15) is 5.26 Å². The van der Waals surface area contributed by atoms with Gasteiger partial charge in [-0.15, -0.1) is 10.2 Å². The number of rotatable bonds is 3. The largest absolute Gasteiger partial charge is 0.372 e. The van der Waals surface area contributed by atoms with Crippen LogP contribution in [0, 0.1) is 11.3 Å². The average molecular weight is 347 g/mol. The van der Waals surface area contributed by atoms with E-state index in [0.717, 1.165) is 50.3 Å². The second kappa shape index (κ2) is 7.74. The summed E-state index contributed by atoms with van der Waals surface area (Å²) < 4.78 is 2.13. The van der Waals surface area contributed by atoms with Crippen LogP contribution < -0.4 is 4.90 Å². The molecule has 0 aliphatic carbocycles. The van der Waals surface area contributed by atoms with Crippen molar-refractivity contribution in [3.63, 3.8) is 0 Å². The number of anilines is 1. The van der Waals surface area contributed by atoms with Crippen LogP contribution in [0.25, 0.3) is 11.6 Å². The third-order valence-electron chi connectivity index (χ3n) is 5.40. The van der Waals surface area contributed by atoms with E-state index in [-0.39, 0.29) is 0 Å². The van der Waals surface area contributed by atoms with Crippen molar-refractivity contribution < 1.29 is 0 Å². The first-order chi connectivity index (χ1) is 12.8. The third kappa shape index (κ3) is 3.50. The summed E-state index contributed by atoms with van der Waals surface area (Å²) in [5.74, 6) is 1.73. The van der Waals surface area contributed by atoms with E-state index in [2.05, 4.69) is 50.0 Å². The van der Waals surface area contributed by atoms with Crippen molar-refractivity contribution >= 4 is 17.3 Å². The predicted molar refractivity (Wildman–Crippen MR) is 104 cm³/mol. The Morgan fingerprint density at radius 3 is 2.42 bits per heavy atom. The number of hydrogen-bond acceptors (Lipinski definition) is 4. The maximum Gasteiger partial charge on any atom is 0.174 e. The van der Waals surface area contributed by atoms with Crippen molar-refractivity contribution in [2.75, 3.05) is 18.0 Å². The van der Waals surface area contributed by atoms with Crippen molar-refractivity contribution in [1.29, 1.82) is 5.26 Å². The molecule has 0 saturated carbocycles. The highest BCUT2D eigenvalue weighted by molar-refractivity contribution is 5.87. The summed E-state index contributed by atoms with van der Waals surface area (Å²) in [5.41, 5.74) is 2.90. The molecule has 0 spiro atoms. The Bertz CT molecular complexity index is 819. The van der Waals surface area contributed by atoms with Gasteiger partial charge in [0.2, 0.25) is 0 Å². The van der Waals surface area contributed by atoms with Crippen LogP contribution in [0.1, 0.15) is 55.7 Å². The average Bonchev–Trinajstić information content (AvgIpc) is 2.95. The van der Waals surface area contributed by atoms with E-state index < -0.39 is 0 Å². The van der Waals surface area contributed by atoms with Crippen molar-refractivity contribution in [3.05, 3.63) is 41.5 Å². The number of allylic oxidation sites excluding steroid dienone is 1. The van der Waals surface area contributed by atoms with Crippen LogP contribution in [-0.2, 0) is 13.0 Å². The molecule has 0 unspecified atom stereocenters. The Kier molecular flexibility index (Phi) is 5.01. The first kappa shape index (κ1) is 16.8. The fraction of sp³-hybridized carbons (Fsp3) is 0.476. The van der Waals surface area contributed by atoms with Crippen LogP contribution in [0.4, 0.5) is 5.69 Å². The van der Waals surface area contributed by atoms with E-state index >= 15 is 0 Å². The van der Waals surface area contributed by atoms with E-state index in [1.807, 2.05) is 6.08 Å². The van der Waals surface area contributed by atoms with Crippen LogP contribution >= 0.6 is 0 Å². The molecule has 3 heterocycles. The van der Waals surface area contributed by atoms with Crippen molar-refractivity contribution in [2.45, 2.75) is 51.5 Å². The van der Waals surface area contributed by atoms with Crippen LogP contribution in [0.3, 0.4) is 0 Å². The topological polar surface area (TPSA) is 57.7 Å². The Morgan fingerprint density at radius 1 is 0.923 bits per heavy atom. The Balaban J connectivity index is 1.58. The Labute approximate surface area is 155 Å². The van der Waals surface area contributed by atoms with Gasteiger partial charge < -0.3 is 9.47 Å². The molecule has 0 N–H and O–H groups in total. The zero-order valence-electron chi connectivity index (χ0n) is 15.2. The summed E-state index contributed by atoms with van der Waals surface area (Å²) in [6, 6.07) is 10.9. The summed E-state index contributed by atoms with van der Waals surface area (Å²) in [5, 5.41) is 18.3. The minimum absolute atomic E-state index is 0.594. The van der Waals surface area contributed by atoms with Gasteiger partial charge in [-0.25, -0.2) is 0 Å². The highest BCUT2D eigenvalue weighted by Crippen LogP contribution is 2.24. The molecule has 134 valence electrons. The molecule has 0 atom stereocenters. The van der Waals surface area contributed by atoms with E-state index in [4.69, 9.17) is 0 Å². The molecule has 2 aromatic rings. The molecule has 4 rings (SSSR count). The van der Waals surface area contributed by atoms with Crippen molar-refractivity contribution in [3.8, 4) is 6.07 Å². The van der Waals surface area contributed by atoms with E-state index in [9.17, 15) is 5.26 Å². The van der Waals surface area contributed by atoms with Crippen LogP contribution in [0.15, 0.2) is 24.3 Å². The van der Waals surface area contributed by atoms with E-state index in [1.54, 1.807) is 0 Å². The SMILES string of the molecule is N#C/C(=C\c1ccc(N2CCCCC2)cc1)c1nnc2n1CCCCC2. The van der Waals surface area contributed by atoms with Gasteiger partial charge in [-0.05, 0) is 55.9 Å². The van der Waals surface area contributed by atoms with E-state index in [1.165, 1.54) is 31.4 Å². The number of piperidine rings is 1. The van der Waals surface area contributed by atoms with Crippen LogP contribution in [0.2, 0.25) is 0 Å². The van der Waals surface area contributed by atoms with Crippen LogP contribution in [0.5, 0.6) is 0 Å². The standard InChI is InChI=1S/C21H25N5/c22-16-18(21-24-23-20-7-3-1-6-14-26(20)21)15-17-8-10-19(11-9-17)25-12-4-2-5-13-25/h8-11,15H,1-7,12-14H2/b18-15+. The molecule has 1 aromatic carbocycles. The molecule has 0 amide bonds. The second-order valence-corrected chi connectivity index (χ2v) is 7.21. The number of nitrogens with zero attached hydrogens (tertiary/aromatic N) is 5. The molecule has 0 radical (unpaired) electrons. The molecule has 5 nitrogen and oxygen atoms in total. The number of hydrogen-bond donors (Lipinski definition) is 0. The second-order valence-electron chi connectivity index (χ2n) is 7.21. The zero-order valence-corrected chi connectivity index (χ0v) is 15.2. The summed E-state index contributed by atoms with van der Waals surface area (Å²) in [7, 11) is 0. The number of fused-ring (bicyclic) bond motifs is 1. The molecule has 2 aliphatic heterocycles. The summed E-state index contributed by atoms with van der Waals surface area (Å²) in [6.07, 6.45) is 10.3. The Hall–Kier alpha value is -2.61. The normalized spacial score (nSPS) is 18.1. The smallest absolute Gasteiger partial charge is 0.174 e. The highest BCUT2D eigenvalue weighted by Gasteiger charge is 2.17. The maximum atomic E-state index is 9.68. The zero-order chi connectivity index (χ0) is 17.8. The van der Waals surface area contributed by atoms with Gasteiger partial charge in [0, 0.05) is 31.7 Å². The first-order valence-electron chi connectivity index (χ1n) is 9.74. The fourth-order valence-electron chi connectivity index (χ4n) is 3.93. The quantitative estimate of drug-likeness (QED) is 0.786. The maximum absolute atomic E-state index is 9.68. The number of benzene rings is 1. The summed E-state index contributed by atoms with van der Waals surface area (Å²) in [4.78, 5) is 2.45. The number of nitriles is 1. The lowest BCUT2D eigenvalue weighted by Gasteiger charge is -2.28. The lowest BCUT2D eigenvalue weighted by Crippen LogP contribution is -2.29. The number of aromatic nitrogens is 3. The number of aryl methyl sites for hydroxylation is 1. The van der Waals surface area contributed by atoms with Gasteiger partial charge in [0.05, 0.1) is 5.57 Å². The molecule has 1 aromatic heterocycles. The molecule has 26 heavy (non-hydrogen) atoms. The fourth-order valence-corrected chi connectivity index (χ4v) is 3.93. The molecular weight excluding hydrogens is 322 g/mol. The van der Waals surface area contributed by atoms with Gasteiger partial charge in [0.15, 0.2) is 5.82 Å². The third-order valence-corrected chi connectivity index (χ3v) is 5.40. The first-order valence-corrected chi connectivity index (χ1v) is 9.74. The lowest BCUT2D eigenvalue weighted by molar-refractivity contribution is 0.578. The van der Waals surface area contributed by atoms with Gasteiger partial charge in [-0.3, -0.25) is 0 Å². The van der Waals surface area contributed by atoms with Crippen molar-refractivity contribution in [2.24, 2.45) is 0 Å². The predicted octanol–water partition coefficient (Wildman–Crippen LogP) is 4.06. The molecular formula is C21H25N5. The molecule has 1 saturated heterocycles. The minimum atomic E-state index is 0.594. The van der Waals surface area contributed by atoms with Gasteiger partial charge in [0.25, 0.3) is 0 Å². The summed E-state index contributed by atoms with van der Waals surface area (Å²) in [6.45, 7) is 3.19.